The molecule has 0 heterocycles. The van der Waals surface area contributed by atoms with Gasteiger partial charge in [-0.3, -0.25) is 14.9 Å². The maximum Gasteiger partial charge on any atom is 0.292 e. The average Bonchev–Trinajstić information content (AvgIpc) is 2.26. The summed E-state index contributed by atoms with van der Waals surface area (Å²) in [5, 5.41) is 13.8. The zero-order valence-electron chi connectivity index (χ0n) is 11.0. The Morgan fingerprint density at radius 1 is 1.39 bits per heavy atom. The van der Waals surface area contributed by atoms with Gasteiger partial charge in [-0.2, -0.15) is 0 Å². The second-order valence-corrected chi connectivity index (χ2v) is 4.37. The number of nitro groups is 1. The lowest BCUT2D eigenvalue weighted by Crippen LogP contribution is -2.29. The summed E-state index contributed by atoms with van der Waals surface area (Å²) >= 11 is 0. The first kappa shape index (κ1) is 14.0. The lowest BCUT2D eigenvalue weighted by atomic mass is 10.1. The third-order valence-corrected chi connectivity index (χ3v) is 2.57. The minimum absolute atomic E-state index is 0.000874. The van der Waals surface area contributed by atoms with Gasteiger partial charge in [0.2, 0.25) is 5.91 Å². The number of hydrogen-bond donors (Lipinski definition) is 1. The van der Waals surface area contributed by atoms with Gasteiger partial charge in [0.25, 0.3) is 5.69 Å². The van der Waals surface area contributed by atoms with Gasteiger partial charge in [0.1, 0.15) is 5.69 Å². The number of hydrogen-bond acceptors (Lipinski definition) is 4. The number of amides is 1. The van der Waals surface area contributed by atoms with E-state index in [9.17, 15) is 14.9 Å². The minimum atomic E-state index is -0.442. The van der Waals surface area contributed by atoms with E-state index in [0.717, 1.165) is 11.1 Å². The van der Waals surface area contributed by atoms with Gasteiger partial charge in [0.15, 0.2) is 0 Å². The molecule has 6 nitrogen and oxygen atoms in total. The molecule has 0 spiro atoms. The number of nitrogens with one attached hydrogen (secondary N) is 1. The Bertz CT molecular complexity index is 484. The minimum Gasteiger partial charge on any atom is -0.370 e. The largest absolute Gasteiger partial charge is 0.370 e. The van der Waals surface area contributed by atoms with Gasteiger partial charge in [0, 0.05) is 20.2 Å². The Labute approximate surface area is 106 Å². The first-order valence-corrected chi connectivity index (χ1v) is 5.52. The predicted octanol–water partition coefficient (Wildman–Crippen LogP) is 1.71. The van der Waals surface area contributed by atoms with Crippen LogP contribution < -0.4 is 5.32 Å². The van der Waals surface area contributed by atoms with Crippen LogP contribution in [0.4, 0.5) is 11.4 Å². The van der Waals surface area contributed by atoms with Gasteiger partial charge in [0.05, 0.1) is 11.5 Å². The zero-order valence-corrected chi connectivity index (χ0v) is 11.0. The molecule has 1 amide bonds. The Balaban J connectivity index is 3.01. The number of likely N-dealkylation sites (N-methyl/N-ethyl adjacent to an activating group) is 1. The number of carbonyl (C=O) groups is 1. The average molecular weight is 251 g/mol. The monoisotopic (exact) mass is 251 g/mol. The van der Waals surface area contributed by atoms with E-state index in [2.05, 4.69) is 5.32 Å². The standard InChI is InChI=1S/C12H17N3O3/c1-8-5-9(2)12(10(6-8)15(17)18)13-7-11(16)14(3)4/h5-6,13H,7H2,1-4H3. The second kappa shape index (κ2) is 5.48. The summed E-state index contributed by atoms with van der Waals surface area (Å²) < 4.78 is 0. The maximum atomic E-state index is 11.5. The Morgan fingerprint density at radius 3 is 2.50 bits per heavy atom. The summed E-state index contributed by atoms with van der Waals surface area (Å²) in [5.74, 6) is -0.135. The molecule has 0 saturated heterocycles. The molecule has 0 saturated carbocycles. The van der Waals surface area contributed by atoms with Crippen molar-refractivity contribution in [3.05, 3.63) is 33.4 Å². The zero-order chi connectivity index (χ0) is 13.9. The van der Waals surface area contributed by atoms with Crippen LogP contribution in [0.3, 0.4) is 0 Å². The molecule has 0 aromatic heterocycles. The van der Waals surface area contributed by atoms with Crippen LogP contribution in [-0.2, 0) is 4.79 Å². The lowest BCUT2D eigenvalue weighted by Gasteiger charge is -2.13. The Kier molecular flexibility index (Phi) is 4.25. The maximum absolute atomic E-state index is 11.5. The van der Waals surface area contributed by atoms with Crippen LogP contribution in [0.25, 0.3) is 0 Å². The van der Waals surface area contributed by atoms with Gasteiger partial charge in [-0.1, -0.05) is 6.07 Å². The second-order valence-electron chi connectivity index (χ2n) is 4.37. The summed E-state index contributed by atoms with van der Waals surface area (Å²) in [6, 6.07) is 3.34. The van der Waals surface area contributed by atoms with Crippen LogP contribution in [-0.4, -0.2) is 36.4 Å². The van der Waals surface area contributed by atoms with Crippen molar-refractivity contribution in [2.45, 2.75) is 13.8 Å². The van der Waals surface area contributed by atoms with E-state index in [1.165, 1.54) is 11.0 Å². The molecule has 0 fully saturated rings. The topological polar surface area (TPSA) is 75.5 Å². The van der Waals surface area contributed by atoms with Crippen LogP contribution >= 0.6 is 0 Å². The molecule has 18 heavy (non-hydrogen) atoms. The normalized spacial score (nSPS) is 10.0. The van der Waals surface area contributed by atoms with Crippen molar-refractivity contribution >= 4 is 17.3 Å². The molecule has 0 aliphatic carbocycles. The fourth-order valence-electron chi connectivity index (χ4n) is 1.64. The van der Waals surface area contributed by atoms with Crippen molar-refractivity contribution in [2.75, 3.05) is 26.0 Å². The predicted molar refractivity (Wildman–Crippen MR) is 69.8 cm³/mol. The summed E-state index contributed by atoms with van der Waals surface area (Å²) in [4.78, 5) is 23.4. The molecular formula is C12H17N3O3. The highest BCUT2D eigenvalue weighted by Crippen LogP contribution is 2.29. The summed E-state index contributed by atoms with van der Waals surface area (Å²) in [6.45, 7) is 3.62. The highest BCUT2D eigenvalue weighted by Gasteiger charge is 2.17. The fraction of sp³-hybridized carbons (Fsp3) is 0.417. The van der Waals surface area contributed by atoms with Crippen molar-refractivity contribution in [2.24, 2.45) is 0 Å². The van der Waals surface area contributed by atoms with Crippen molar-refractivity contribution in [1.29, 1.82) is 0 Å². The van der Waals surface area contributed by atoms with Crippen LogP contribution in [0.5, 0.6) is 0 Å². The number of anilines is 1. The molecule has 0 atom stereocenters. The van der Waals surface area contributed by atoms with Crippen LogP contribution in [0.2, 0.25) is 0 Å². The number of carbonyl (C=O) groups excluding carboxylic acids is 1. The molecule has 98 valence electrons. The van der Waals surface area contributed by atoms with Gasteiger partial charge in [-0.25, -0.2) is 0 Å². The summed E-state index contributed by atoms with van der Waals surface area (Å²) in [5.41, 5.74) is 1.98. The van der Waals surface area contributed by atoms with Crippen LogP contribution in [0.15, 0.2) is 12.1 Å². The van der Waals surface area contributed by atoms with Crippen LogP contribution in [0.1, 0.15) is 11.1 Å². The molecule has 1 N–H and O–H groups in total. The number of aryl methyl sites for hydroxylation is 2. The van der Waals surface area contributed by atoms with E-state index in [1.54, 1.807) is 27.9 Å². The number of nitro benzene ring substituents is 1. The molecule has 1 aromatic rings. The molecule has 0 aliphatic rings. The molecule has 6 heteroatoms. The smallest absolute Gasteiger partial charge is 0.292 e. The quantitative estimate of drug-likeness (QED) is 0.653. The molecule has 1 aromatic carbocycles. The van der Waals surface area contributed by atoms with Crippen molar-refractivity contribution in [3.63, 3.8) is 0 Å². The third kappa shape index (κ3) is 3.19. The van der Waals surface area contributed by atoms with Crippen molar-refractivity contribution < 1.29 is 9.72 Å². The number of nitrogens with zero attached hydrogens (tertiary/aromatic N) is 2. The van der Waals surface area contributed by atoms with E-state index < -0.39 is 4.92 Å². The molecule has 0 unspecified atom stereocenters. The highest BCUT2D eigenvalue weighted by atomic mass is 16.6. The Hall–Kier alpha value is -2.11. The fourth-order valence-corrected chi connectivity index (χ4v) is 1.64. The lowest BCUT2D eigenvalue weighted by molar-refractivity contribution is -0.384. The summed E-state index contributed by atoms with van der Waals surface area (Å²) in [7, 11) is 3.28. The van der Waals surface area contributed by atoms with E-state index in [1.807, 2.05) is 6.07 Å². The summed E-state index contributed by atoms with van der Waals surface area (Å²) in [6.07, 6.45) is 0. The van der Waals surface area contributed by atoms with Gasteiger partial charge in [-0.15, -0.1) is 0 Å². The molecule has 0 aliphatic heterocycles. The van der Waals surface area contributed by atoms with E-state index >= 15 is 0 Å². The van der Waals surface area contributed by atoms with Crippen molar-refractivity contribution in [3.8, 4) is 0 Å². The van der Waals surface area contributed by atoms with Gasteiger partial charge < -0.3 is 10.2 Å². The number of benzene rings is 1. The van der Waals surface area contributed by atoms with E-state index in [4.69, 9.17) is 0 Å². The van der Waals surface area contributed by atoms with Crippen LogP contribution in [0, 0.1) is 24.0 Å². The first-order valence-electron chi connectivity index (χ1n) is 5.52. The number of rotatable bonds is 4. The third-order valence-electron chi connectivity index (χ3n) is 2.57. The van der Waals surface area contributed by atoms with Gasteiger partial charge in [-0.05, 0) is 25.0 Å². The first-order chi connectivity index (χ1) is 8.32. The van der Waals surface area contributed by atoms with Crippen molar-refractivity contribution in [1.82, 2.24) is 4.90 Å². The molecule has 0 bridgehead atoms. The van der Waals surface area contributed by atoms with E-state index in [-0.39, 0.29) is 18.1 Å². The molecular weight excluding hydrogens is 234 g/mol. The highest BCUT2D eigenvalue weighted by molar-refractivity contribution is 5.82. The Morgan fingerprint density at radius 2 is 2.00 bits per heavy atom. The van der Waals surface area contributed by atoms with Gasteiger partial charge >= 0.3 is 0 Å². The van der Waals surface area contributed by atoms with E-state index in [0.29, 0.717) is 5.69 Å². The SMILES string of the molecule is Cc1cc(C)c(NCC(=O)N(C)C)c([N+](=O)[O-])c1. The molecule has 1 rings (SSSR count). The molecule has 0 radical (unpaired) electrons.